The molecule has 0 radical (unpaired) electrons. The molecule has 2 aromatic rings. The van der Waals surface area contributed by atoms with Crippen molar-refractivity contribution in [2.45, 2.75) is 26.2 Å². The normalized spacial score (nSPS) is 11.6. The first-order chi connectivity index (χ1) is 8.79. The van der Waals surface area contributed by atoms with Crippen LogP contribution in [0.5, 0.6) is 0 Å². The lowest BCUT2D eigenvalue weighted by atomic mass is 9.95. The molecule has 0 saturated heterocycles. The molecule has 2 rings (SSSR count). The van der Waals surface area contributed by atoms with Crippen molar-refractivity contribution in [3.05, 3.63) is 50.7 Å². The van der Waals surface area contributed by atoms with Crippen LogP contribution in [0, 0.1) is 0 Å². The third-order valence-corrected chi connectivity index (χ3v) is 4.67. The Balaban J connectivity index is 2.34. The van der Waals surface area contributed by atoms with Gasteiger partial charge in [0.2, 0.25) is 5.78 Å². The van der Waals surface area contributed by atoms with Crippen molar-refractivity contribution in [1.82, 2.24) is 0 Å². The molecule has 0 bridgehead atoms. The summed E-state index contributed by atoms with van der Waals surface area (Å²) in [6.45, 7) is 6.40. The predicted molar refractivity (Wildman–Crippen MR) is 82.3 cm³/mol. The molecule has 1 heterocycles. The molecule has 0 atom stereocenters. The van der Waals surface area contributed by atoms with Crippen molar-refractivity contribution >= 4 is 34.4 Å². The van der Waals surface area contributed by atoms with Crippen molar-refractivity contribution in [3.63, 3.8) is 0 Å². The number of anilines is 1. The van der Waals surface area contributed by atoms with Crippen LogP contribution in [0.3, 0.4) is 0 Å². The Hall–Kier alpha value is -1.32. The second-order valence-corrected chi connectivity index (χ2v) is 6.97. The van der Waals surface area contributed by atoms with Gasteiger partial charge in [-0.25, -0.2) is 0 Å². The zero-order valence-electron chi connectivity index (χ0n) is 11.2. The van der Waals surface area contributed by atoms with Gasteiger partial charge < -0.3 is 5.73 Å². The number of nitrogen functional groups attached to an aromatic ring is 1. The average Bonchev–Trinajstić information content (AvgIpc) is 2.81. The molecule has 0 unspecified atom stereocenters. The lowest BCUT2D eigenvalue weighted by Gasteiger charge is -2.15. The van der Waals surface area contributed by atoms with E-state index in [0.29, 0.717) is 16.3 Å². The molecule has 100 valence electrons. The zero-order chi connectivity index (χ0) is 14.2. The SMILES string of the molecule is CC(C)(C)c1ccc(C(=O)c2ccc(N)c(Cl)c2)s1. The van der Waals surface area contributed by atoms with Gasteiger partial charge in [-0.3, -0.25) is 4.79 Å². The molecule has 2 nitrogen and oxygen atoms in total. The fourth-order valence-corrected chi connectivity index (χ4v) is 2.88. The van der Waals surface area contributed by atoms with Gasteiger partial charge in [-0.2, -0.15) is 0 Å². The minimum atomic E-state index is -0.0117. The Morgan fingerprint density at radius 1 is 1.21 bits per heavy atom. The third-order valence-electron chi connectivity index (χ3n) is 2.83. The van der Waals surface area contributed by atoms with Crippen LogP contribution >= 0.6 is 22.9 Å². The molecule has 0 saturated carbocycles. The maximum Gasteiger partial charge on any atom is 0.203 e. The minimum Gasteiger partial charge on any atom is -0.398 e. The van der Waals surface area contributed by atoms with Crippen LogP contribution in [0.1, 0.15) is 40.9 Å². The molecule has 1 aromatic heterocycles. The van der Waals surface area contributed by atoms with E-state index in [-0.39, 0.29) is 11.2 Å². The maximum atomic E-state index is 12.4. The molecule has 0 aliphatic carbocycles. The van der Waals surface area contributed by atoms with E-state index in [2.05, 4.69) is 20.8 Å². The van der Waals surface area contributed by atoms with Gasteiger partial charge in [-0.15, -0.1) is 11.3 Å². The van der Waals surface area contributed by atoms with Crippen molar-refractivity contribution in [1.29, 1.82) is 0 Å². The van der Waals surface area contributed by atoms with Crippen molar-refractivity contribution < 1.29 is 4.79 Å². The summed E-state index contributed by atoms with van der Waals surface area (Å²) in [5, 5.41) is 0.415. The number of carbonyl (C=O) groups is 1. The van der Waals surface area contributed by atoms with Gasteiger partial charge in [0.15, 0.2) is 0 Å². The molecule has 0 spiro atoms. The second kappa shape index (κ2) is 4.99. The van der Waals surface area contributed by atoms with Gasteiger partial charge in [-0.1, -0.05) is 32.4 Å². The molecular weight excluding hydrogens is 278 g/mol. The second-order valence-electron chi connectivity index (χ2n) is 5.48. The van der Waals surface area contributed by atoms with Crippen LogP contribution in [-0.4, -0.2) is 5.78 Å². The average molecular weight is 294 g/mol. The van der Waals surface area contributed by atoms with Gasteiger partial charge in [0.1, 0.15) is 0 Å². The van der Waals surface area contributed by atoms with E-state index < -0.39 is 0 Å². The van der Waals surface area contributed by atoms with Crippen LogP contribution in [0.2, 0.25) is 5.02 Å². The number of carbonyl (C=O) groups excluding carboxylic acids is 1. The highest BCUT2D eigenvalue weighted by Gasteiger charge is 2.19. The first-order valence-corrected chi connectivity index (χ1v) is 7.18. The summed E-state index contributed by atoms with van der Waals surface area (Å²) in [5.41, 5.74) is 6.76. The minimum absolute atomic E-state index is 0.0117. The summed E-state index contributed by atoms with van der Waals surface area (Å²) in [7, 11) is 0. The topological polar surface area (TPSA) is 43.1 Å². The molecule has 0 fully saturated rings. The molecule has 1 aromatic carbocycles. The smallest absolute Gasteiger partial charge is 0.203 e. The third kappa shape index (κ3) is 2.99. The summed E-state index contributed by atoms with van der Waals surface area (Å²) >= 11 is 7.48. The zero-order valence-corrected chi connectivity index (χ0v) is 12.7. The fraction of sp³-hybridized carbons (Fsp3) is 0.267. The molecule has 0 amide bonds. The van der Waals surface area contributed by atoms with Crippen LogP contribution < -0.4 is 5.73 Å². The van der Waals surface area contributed by atoms with E-state index >= 15 is 0 Å². The van der Waals surface area contributed by atoms with Gasteiger partial charge in [0.05, 0.1) is 15.6 Å². The lowest BCUT2D eigenvalue weighted by molar-refractivity contribution is 0.104. The Morgan fingerprint density at radius 2 is 1.89 bits per heavy atom. The Bertz CT molecular complexity index is 625. The summed E-state index contributed by atoms with van der Waals surface area (Å²) < 4.78 is 0. The fourth-order valence-electron chi connectivity index (χ4n) is 1.67. The van der Waals surface area contributed by atoms with Crippen molar-refractivity contribution in [2.75, 3.05) is 5.73 Å². The number of rotatable bonds is 2. The summed E-state index contributed by atoms with van der Waals surface area (Å²) in [4.78, 5) is 14.3. The Morgan fingerprint density at radius 3 is 2.42 bits per heavy atom. The van der Waals surface area contributed by atoms with Crippen molar-refractivity contribution in [2.24, 2.45) is 0 Å². The van der Waals surface area contributed by atoms with Crippen LogP contribution in [0.25, 0.3) is 0 Å². The molecule has 4 heteroatoms. The summed E-state index contributed by atoms with van der Waals surface area (Å²) in [6, 6.07) is 8.87. The highest BCUT2D eigenvalue weighted by atomic mass is 35.5. The first kappa shape index (κ1) is 14.1. The van der Waals surface area contributed by atoms with Gasteiger partial charge in [0, 0.05) is 10.4 Å². The number of thiophene rings is 1. The maximum absolute atomic E-state index is 12.4. The monoisotopic (exact) mass is 293 g/mol. The van der Waals surface area contributed by atoms with Gasteiger partial charge in [0.25, 0.3) is 0 Å². The van der Waals surface area contributed by atoms with Crippen LogP contribution in [-0.2, 0) is 5.41 Å². The predicted octanol–water partition coefficient (Wildman–Crippen LogP) is 4.51. The van der Waals surface area contributed by atoms with Crippen molar-refractivity contribution in [3.8, 4) is 0 Å². The number of ketones is 1. The standard InChI is InChI=1S/C15H16ClNOS/c1-15(2,3)13-7-6-12(19-13)14(18)9-4-5-11(17)10(16)8-9/h4-8H,17H2,1-3H3. The van der Waals surface area contributed by atoms with Gasteiger partial charge >= 0.3 is 0 Å². The Kier molecular flexibility index (Phi) is 3.70. The molecule has 19 heavy (non-hydrogen) atoms. The number of hydrogen-bond donors (Lipinski definition) is 1. The lowest BCUT2D eigenvalue weighted by Crippen LogP contribution is -2.08. The number of benzene rings is 1. The summed E-state index contributed by atoms with van der Waals surface area (Å²) in [6.07, 6.45) is 0. The highest BCUT2D eigenvalue weighted by Crippen LogP contribution is 2.31. The van der Waals surface area contributed by atoms with E-state index in [4.69, 9.17) is 17.3 Å². The molecular formula is C15H16ClNOS. The van der Waals surface area contributed by atoms with E-state index in [1.807, 2.05) is 12.1 Å². The quantitative estimate of drug-likeness (QED) is 0.654. The van der Waals surface area contributed by atoms with E-state index in [9.17, 15) is 4.79 Å². The first-order valence-electron chi connectivity index (χ1n) is 5.99. The van der Waals surface area contributed by atoms with E-state index in [0.717, 1.165) is 4.88 Å². The van der Waals surface area contributed by atoms with E-state index in [1.165, 1.54) is 16.2 Å². The van der Waals surface area contributed by atoms with Crippen LogP contribution in [0.15, 0.2) is 30.3 Å². The highest BCUT2D eigenvalue weighted by molar-refractivity contribution is 7.14. The van der Waals surface area contributed by atoms with Gasteiger partial charge in [-0.05, 0) is 35.7 Å². The van der Waals surface area contributed by atoms with Crippen LogP contribution in [0.4, 0.5) is 5.69 Å². The number of hydrogen-bond acceptors (Lipinski definition) is 3. The number of nitrogens with two attached hydrogens (primary N) is 1. The molecule has 0 aliphatic heterocycles. The summed E-state index contributed by atoms with van der Waals surface area (Å²) in [5.74, 6) is -0.0117. The largest absolute Gasteiger partial charge is 0.398 e. The molecule has 0 aliphatic rings. The number of halogens is 1. The Labute approximate surface area is 122 Å². The van der Waals surface area contributed by atoms with E-state index in [1.54, 1.807) is 18.2 Å². The molecule has 2 N–H and O–H groups in total.